The summed E-state index contributed by atoms with van der Waals surface area (Å²) in [6.07, 6.45) is 2.37. The number of benzene rings is 1. The van der Waals surface area contributed by atoms with Crippen LogP contribution in [-0.4, -0.2) is 24.9 Å². The van der Waals surface area contributed by atoms with Crippen LogP contribution < -0.4 is 0 Å². The Morgan fingerprint density at radius 3 is 2.63 bits per heavy atom. The first kappa shape index (κ1) is 12.3. The van der Waals surface area contributed by atoms with E-state index in [4.69, 9.17) is 0 Å². The Labute approximate surface area is 118 Å². The van der Waals surface area contributed by atoms with Crippen LogP contribution in [0.2, 0.25) is 0 Å². The molecule has 0 aliphatic carbocycles. The Bertz CT molecular complexity index is 721. The van der Waals surface area contributed by atoms with Crippen LogP contribution in [0, 0.1) is 0 Å². The van der Waals surface area contributed by atoms with Gasteiger partial charge in [-0.05, 0) is 28.1 Å². The Balaban J connectivity index is 2.09. The van der Waals surface area contributed by atoms with Gasteiger partial charge in [0, 0.05) is 7.05 Å². The highest BCUT2D eigenvalue weighted by molar-refractivity contribution is 9.10. The molecule has 0 spiro atoms. The van der Waals surface area contributed by atoms with Gasteiger partial charge in [-0.1, -0.05) is 12.1 Å². The molecule has 0 radical (unpaired) electrons. The number of aromatic nitrogens is 4. The molecule has 1 atom stereocenters. The molecule has 2 aromatic heterocycles. The Hall–Kier alpha value is -1.79. The van der Waals surface area contributed by atoms with Gasteiger partial charge in [-0.2, -0.15) is 5.10 Å². The zero-order valence-electron chi connectivity index (χ0n) is 10.2. The lowest BCUT2D eigenvalue weighted by Crippen LogP contribution is -2.09. The first-order valence-corrected chi connectivity index (χ1v) is 6.53. The molecule has 2 heterocycles. The summed E-state index contributed by atoms with van der Waals surface area (Å²) in [4.78, 5) is 8.74. The highest BCUT2D eigenvalue weighted by atomic mass is 79.9. The van der Waals surface area contributed by atoms with Crippen LogP contribution >= 0.6 is 15.9 Å². The van der Waals surface area contributed by atoms with Crippen molar-refractivity contribution in [1.82, 2.24) is 19.7 Å². The molecular weight excluding hydrogens is 308 g/mol. The average Bonchev–Trinajstić information content (AvgIpc) is 2.77. The van der Waals surface area contributed by atoms with E-state index in [-0.39, 0.29) is 0 Å². The third-order valence-electron chi connectivity index (χ3n) is 2.94. The van der Waals surface area contributed by atoms with Crippen LogP contribution in [0.25, 0.3) is 11.0 Å². The lowest BCUT2D eigenvalue weighted by atomic mass is 10.2. The Morgan fingerprint density at radius 1 is 1.21 bits per heavy atom. The first-order valence-electron chi connectivity index (χ1n) is 5.74. The molecule has 3 rings (SSSR count). The first-order chi connectivity index (χ1) is 9.16. The summed E-state index contributed by atoms with van der Waals surface area (Å²) in [6.45, 7) is 0. The van der Waals surface area contributed by atoms with Crippen molar-refractivity contribution in [2.45, 2.75) is 6.10 Å². The number of hydrogen-bond donors (Lipinski definition) is 1. The molecule has 0 saturated heterocycles. The summed E-state index contributed by atoms with van der Waals surface area (Å²) in [6, 6.07) is 7.56. The van der Waals surface area contributed by atoms with Gasteiger partial charge in [0.05, 0.1) is 39.3 Å². The maximum Gasteiger partial charge on any atom is 0.140 e. The highest BCUT2D eigenvalue weighted by Gasteiger charge is 2.20. The minimum atomic E-state index is -0.862. The number of fused-ring (bicyclic) bond motifs is 1. The number of hydrogen-bond acceptors (Lipinski definition) is 4. The number of aryl methyl sites for hydroxylation is 1. The van der Waals surface area contributed by atoms with Gasteiger partial charge in [0.15, 0.2) is 0 Å². The lowest BCUT2D eigenvalue weighted by molar-refractivity contribution is 0.204. The van der Waals surface area contributed by atoms with Crippen LogP contribution in [0.15, 0.2) is 41.1 Å². The second-order valence-electron chi connectivity index (χ2n) is 4.19. The second-order valence-corrected chi connectivity index (χ2v) is 5.04. The van der Waals surface area contributed by atoms with Crippen molar-refractivity contribution in [3.05, 3.63) is 52.5 Å². The minimum Gasteiger partial charge on any atom is -0.380 e. The molecule has 1 unspecified atom stereocenters. The summed E-state index contributed by atoms with van der Waals surface area (Å²) < 4.78 is 2.36. The van der Waals surface area contributed by atoms with Gasteiger partial charge in [-0.3, -0.25) is 9.67 Å². The van der Waals surface area contributed by atoms with Gasteiger partial charge >= 0.3 is 0 Å². The van der Waals surface area contributed by atoms with E-state index in [1.165, 1.54) is 0 Å². The third kappa shape index (κ3) is 2.13. The van der Waals surface area contributed by atoms with Gasteiger partial charge < -0.3 is 5.11 Å². The van der Waals surface area contributed by atoms with Gasteiger partial charge in [0.25, 0.3) is 0 Å². The van der Waals surface area contributed by atoms with Gasteiger partial charge in [-0.25, -0.2) is 4.98 Å². The van der Waals surface area contributed by atoms with Crippen LogP contribution in [-0.2, 0) is 7.05 Å². The van der Waals surface area contributed by atoms with Crippen molar-refractivity contribution >= 4 is 27.0 Å². The molecule has 6 heteroatoms. The predicted octanol–water partition coefficient (Wildman–Crippen LogP) is 2.21. The Morgan fingerprint density at radius 2 is 1.95 bits per heavy atom. The number of rotatable bonds is 2. The molecule has 1 aromatic carbocycles. The molecular formula is C13H11BrN4O. The number of nitrogens with zero attached hydrogens (tertiary/aromatic N) is 4. The van der Waals surface area contributed by atoms with Crippen LogP contribution in [0.3, 0.4) is 0 Å². The molecule has 0 saturated carbocycles. The van der Waals surface area contributed by atoms with Gasteiger partial charge in [0.1, 0.15) is 6.10 Å². The number of halogens is 1. The SMILES string of the molecule is Cn1ncc(Br)c1C(O)c1cnc2ccccc2n1. The monoisotopic (exact) mass is 318 g/mol. The molecule has 0 bridgehead atoms. The van der Waals surface area contributed by atoms with E-state index < -0.39 is 6.10 Å². The summed E-state index contributed by atoms with van der Waals surface area (Å²) >= 11 is 3.37. The predicted molar refractivity (Wildman–Crippen MR) is 74.5 cm³/mol. The van der Waals surface area contributed by atoms with Crippen molar-refractivity contribution in [2.24, 2.45) is 7.05 Å². The number of aliphatic hydroxyl groups is 1. The molecule has 19 heavy (non-hydrogen) atoms. The Kier molecular flexibility index (Phi) is 3.04. The van der Waals surface area contributed by atoms with Crippen LogP contribution in [0.1, 0.15) is 17.5 Å². The summed E-state index contributed by atoms with van der Waals surface area (Å²) in [5.74, 6) is 0. The number of para-hydroxylation sites is 2. The van der Waals surface area contributed by atoms with E-state index in [0.717, 1.165) is 15.5 Å². The molecule has 0 fully saturated rings. The van der Waals surface area contributed by atoms with E-state index in [2.05, 4.69) is 31.0 Å². The lowest BCUT2D eigenvalue weighted by Gasteiger charge is -2.11. The molecule has 0 aliphatic heterocycles. The molecule has 0 aliphatic rings. The van der Waals surface area contributed by atoms with Crippen LogP contribution in [0.4, 0.5) is 0 Å². The normalized spacial score (nSPS) is 12.8. The number of aliphatic hydroxyl groups excluding tert-OH is 1. The fourth-order valence-electron chi connectivity index (χ4n) is 1.97. The zero-order chi connectivity index (χ0) is 13.4. The van der Waals surface area contributed by atoms with E-state index in [9.17, 15) is 5.11 Å². The fraction of sp³-hybridized carbons (Fsp3) is 0.154. The molecule has 5 nitrogen and oxygen atoms in total. The third-order valence-corrected chi connectivity index (χ3v) is 3.55. The van der Waals surface area contributed by atoms with Crippen molar-refractivity contribution in [1.29, 1.82) is 0 Å². The van der Waals surface area contributed by atoms with E-state index in [1.54, 1.807) is 24.1 Å². The maximum absolute atomic E-state index is 10.4. The van der Waals surface area contributed by atoms with E-state index >= 15 is 0 Å². The van der Waals surface area contributed by atoms with E-state index in [1.807, 2.05) is 24.3 Å². The summed E-state index contributed by atoms with van der Waals surface area (Å²) in [7, 11) is 1.78. The second kappa shape index (κ2) is 4.71. The minimum absolute atomic E-state index is 0.503. The highest BCUT2D eigenvalue weighted by Crippen LogP contribution is 2.27. The van der Waals surface area contributed by atoms with Crippen molar-refractivity contribution in [2.75, 3.05) is 0 Å². The largest absolute Gasteiger partial charge is 0.380 e. The van der Waals surface area contributed by atoms with Gasteiger partial charge in [0.2, 0.25) is 0 Å². The zero-order valence-corrected chi connectivity index (χ0v) is 11.7. The molecule has 1 N–H and O–H groups in total. The van der Waals surface area contributed by atoms with E-state index in [0.29, 0.717) is 11.4 Å². The average molecular weight is 319 g/mol. The van der Waals surface area contributed by atoms with Gasteiger partial charge in [-0.15, -0.1) is 0 Å². The van der Waals surface area contributed by atoms with Crippen molar-refractivity contribution in [3.63, 3.8) is 0 Å². The van der Waals surface area contributed by atoms with Crippen molar-refractivity contribution in [3.8, 4) is 0 Å². The smallest absolute Gasteiger partial charge is 0.140 e. The molecule has 96 valence electrons. The standard InChI is InChI=1S/C13H11BrN4O/c1-18-12(8(14)6-16-18)13(19)11-7-15-9-4-2-3-5-10(9)17-11/h2-7,13,19H,1H3. The molecule has 3 aromatic rings. The maximum atomic E-state index is 10.4. The summed E-state index contributed by atoms with van der Waals surface area (Å²) in [5, 5.41) is 14.5. The van der Waals surface area contributed by atoms with Crippen molar-refractivity contribution < 1.29 is 5.11 Å². The van der Waals surface area contributed by atoms with Crippen LogP contribution in [0.5, 0.6) is 0 Å². The fourth-order valence-corrected chi connectivity index (χ4v) is 2.54. The topological polar surface area (TPSA) is 63.8 Å². The summed E-state index contributed by atoms with van der Waals surface area (Å²) in [5.41, 5.74) is 2.73. The quantitative estimate of drug-likeness (QED) is 0.786. The molecule has 0 amide bonds.